The standard InChI is InChI=1S/C9H11NO6S2/c1-5(9(13)16-2)18(14,15)10-6-3-4-17-7(6)8(11)12/h3-5,10H,1-2H3,(H,11,12). The van der Waals surface area contributed by atoms with Crippen LogP contribution in [0.5, 0.6) is 0 Å². The predicted molar refractivity (Wildman–Crippen MR) is 65.3 cm³/mol. The quantitative estimate of drug-likeness (QED) is 0.775. The molecule has 0 aliphatic rings. The first-order valence-corrected chi connectivity index (χ1v) is 7.12. The SMILES string of the molecule is COC(=O)C(C)S(=O)(=O)Nc1ccsc1C(=O)O. The van der Waals surface area contributed by atoms with Crippen LogP contribution < -0.4 is 4.72 Å². The monoisotopic (exact) mass is 293 g/mol. The Hall–Kier alpha value is -1.61. The number of anilines is 1. The summed E-state index contributed by atoms with van der Waals surface area (Å²) in [5.41, 5.74) is -0.0664. The molecule has 0 radical (unpaired) electrons. The van der Waals surface area contributed by atoms with Gasteiger partial charge in [-0.05, 0) is 18.4 Å². The van der Waals surface area contributed by atoms with Crippen molar-refractivity contribution in [3.8, 4) is 0 Å². The number of sulfonamides is 1. The molecule has 1 aromatic rings. The van der Waals surface area contributed by atoms with E-state index in [4.69, 9.17) is 5.11 Å². The van der Waals surface area contributed by atoms with Crippen LogP contribution in [0.3, 0.4) is 0 Å². The van der Waals surface area contributed by atoms with Gasteiger partial charge in [0.05, 0.1) is 12.8 Å². The molecule has 1 aromatic heterocycles. The molecule has 0 spiro atoms. The second-order valence-corrected chi connectivity index (χ2v) is 6.20. The number of carboxylic acid groups (broad SMARTS) is 1. The Morgan fingerprint density at radius 1 is 1.50 bits per heavy atom. The van der Waals surface area contributed by atoms with Crippen molar-refractivity contribution >= 4 is 39.0 Å². The highest BCUT2D eigenvalue weighted by molar-refractivity contribution is 7.94. The number of methoxy groups -OCH3 is 1. The molecule has 0 amide bonds. The van der Waals surface area contributed by atoms with Gasteiger partial charge in [0.25, 0.3) is 0 Å². The van der Waals surface area contributed by atoms with Crippen molar-refractivity contribution in [1.29, 1.82) is 0 Å². The van der Waals surface area contributed by atoms with Crippen LogP contribution in [0.15, 0.2) is 11.4 Å². The van der Waals surface area contributed by atoms with Gasteiger partial charge in [-0.25, -0.2) is 13.2 Å². The van der Waals surface area contributed by atoms with Gasteiger partial charge < -0.3 is 9.84 Å². The normalized spacial score (nSPS) is 12.8. The third-order valence-electron chi connectivity index (χ3n) is 2.11. The molecule has 1 rings (SSSR count). The lowest BCUT2D eigenvalue weighted by Crippen LogP contribution is -2.33. The van der Waals surface area contributed by atoms with Crippen LogP contribution in [0.2, 0.25) is 0 Å². The second-order valence-electron chi connectivity index (χ2n) is 3.28. The summed E-state index contributed by atoms with van der Waals surface area (Å²) in [7, 11) is -2.96. The first-order valence-electron chi connectivity index (χ1n) is 4.70. The number of thiophene rings is 1. The van der Waals surface area contributed by atoms with Crippen LogP contribution in [0.25, 0.3) is 0 Å². The van der Waals surface area contributed by atoms with Gasteiger partial charge in [0, 0.05) is 0 Å². The van der Waals surface area contributed by atoms with Crippen LogP contribution in [0.4, 0.5) is 5.69 Å². The minimum atomic E-state index is -4.03. The fourth-order valence-corrected chi connectivity index (χ4v) is 2.84. The highest BCUT2D eigenvalue weighted by Crippen LogP contribution is 2.24. The number of ether oxygens (including phenoxy) is 1. The molecule has 2 N–H and O–H groups in total. The summed E-state index contributed by atoms with van der Waals surface area (Å²) in [4.78, 5) is 21.8. The maximum absolute atomic E-state index is 11.8. The maximum atomic E-state index is 11.8. The summed E-state index contributed by atoms with van der Waals surface area (Å²) in [6.45, 7) is 1.15. The average Bonchev–Trinajstić information content (AvgIpc) is 2.74. The number of rotatable bonds is 5. The molecule has 0 saturated heterocycles. The van der Waals surface area contributed by atoms with Crippen molar-refractivity contribution in [3.05, 3.63) is 16.3 Å². The number of hydrogen-bond donors (Lipinski definition) is 2. The molecule has 1 heterocycles. The Labute approximate surface area is 107 Å². The molecular weight excluding hydrogens is 282 g/mol. The van der Waals surface area contributed by atoms with Crippen molar-refractivity contribution in [2.45, 2.75) is 12.2 Å². The molecule has 1 atom stereocenters. The van der Waals surface area contributed by atoms with Crippen LogP contribution in [-0.2, 0) is 19.6 Å². The van der Waals surface area contributed by atoms with E-state index in [9.17, 15) is 18.0 Å². The van der Waals surface area contributed by atoms with Crippen molar-refractivity contribution < 1.29 is 27.9 Å². The van der Waals surface area contributed by atoms with Gasteiger partial charge in [-0.15, -0.1) is 11.3 Å². The Morgan fingerprint density at radius 3 is 2.61 bits per heavy atom. The Morgan fingerprint density at radius 2 is 2.11 bits per heavy atom. The van der Waals surface area contributed by atoms with Gasteiger partial charge in [-0.1, -0.05) is 0 Å². The molecule has 0 fully saturated rings. The van der Waals surface area contributed by atoms with E-state index in [1.807, 2.05) is 0 Å². The fourth-order valence-electron chi connectivity index (χ4n) is 1.09. The molecule has 1 unspecified atom stereocenters. The van der Waals surface area contributed by atoms with Crippen LogP contribution in [0, 0.1) is 0 Å². The molecular formula is C9H11NO6S2. The summed E-state index contributed by atoms with van der Waals surface area (Å²) >= 11 is 0.882. The van der Waals surface area contributed by atoms with Crippen LogP contribution in [0.1, 0.15) is 16.6 Å². The lowest BCUT2D eigenvalue weighted by molar-refractivity contribution is -0.139. The molecule has 0 aliphatic carbocycles. The van der Waals surface area contributed by atoms with Crippen molar-refractivity contribution in [2.75, 3.05) is 11.8 Å². The smallest absolute Gasteiger partial charge is 0.348 e. The zero-order valence-corrected chi connectivity index (χ0v) is 11.2. The average molecular weight is 293 g/mol. The molecule has 0 aromatic carbocycles. The number of carboxylic acids is 1. The van der Waals surface area contributed by atoms with E-state index in [0.717, 1.165) is 25.4 Å². The molecule has 0 aliphatic heterocycles. The number of carbonyl (C=O) groups is 2. The van der Waals surface area contributed by atoms with E-state index in [1.165, 1.54) is 11.4 Å². The number of carbonyl (C=O) groups excluding carboxylic acids is 1. The molecule has 7 nitrogen and oxygen atoms in total. The predicted octanol–water partition coefficient (Wildman–Crippen LogP) is 0.749. The topological polar surface area (TPSA) is 110 Å². The molecule has 0 saturated carbocycles. The summed E-state index contributed by atoms with van der Waals surface area (Å²) < 4.78 is 29.9. The lowest BCUT2D eigenvalue weighted by Gasteiger charge is -2.12. The lowest BCUT2D eigenvalue weighted by atomic mass is 10.4. The third kappa shape index (κ3) is 2.99. The summed E-state index contributed by atoms with van der Waals surface area (Å²) in [6, 6.07) is 1.32. The van der Waals surface area contributed by atoms with Crippen LogP contribution in [-0.4, -0.2) is 37.8 Å². The Kier molecular flexibility index (Phi) is 4.30. The Bertz CT molecular complexity index is 561. The van der Waals surface area contributed by atoms with Gasteiger partial charge in [0.1, 0.15) is 4.88 Å². The first kappa shape index (κ1) is 14.5. The highest BCUT2D eigenvalue weighted by atomic mass is 32.2. The van der Waals surface area contributed by atoms with E-state index in [-0.39, 0.29) is 10.6 Å². The van der Waals surface area contributed by atoms with E-state index in [1.54, 1.807) is 0 Å². The van der Waals surface area contributed by atoms with E-state index >= 15 is 0 Å². The van der Waals surface area contributed by atoms with Gasteiger partial charge in [-0.3, -0.25) is 9.52 Å². The van der Waals surface area contributed by atoms with Crippen molar-refractivity contribution in [3.63, 3.8) is 0 Å². The zero-order chi connectivity index (χ0) is 13.9. The fraction of sp³-hybridized carbons (Fsp3) is 0.333. The van der Waals surface area contributed by atoms with Gasteiger partial charge >= 0.3 is 11.9 Å². The molecule has 100 valence electrons. The highest BCUT2D eigenvalue weighted by Gasteiger charge is 2.30. The summed E-state index contributed by atoms with van der Waals surface area (Å²) in [5, 5.41) is 8.84. The molecule has 0 bridgehead atoms. The van der Waals surface area contributed by atoms with Gasteiger partial charge in [-0.2, -0.15) is 0 Å². The summed E-state index contributed by atoms with van der Waals surface area (Å²) in [5.74, 6) is -2.16. The van der Waals surface area contributed by atoms with E-state index in [0.29, 0.717) is 0 Å². The molecule has 9 heteroatoms. The zero-order valence-electron chi connectivity index (χ0n) is 9.54. The first-order chi connectivity index (χ1) is 8.29. The summed E-state index contributed by atoms with van der Waals surface area (Å²) in [6.07, 6.45) is 0. The molecule has 18 heavy (non-hydrogen) atoms. The van der Waals surface area contributed by atoms with E-state index in [2.05, 4.69) is 9.46 Å². The Balaban J connectivity index is 2.99. The van der Waals surface area contributed by atoms with Crippen molar-refractivity contribution in [2.24, 2.45) is 0 Å². The minimum absolute atomic E-state index is 0.0664. The number of hydrogen-bond acceptors (Lipinski definition) is 6. The number of esters is 1. The second kappa shape index (κ2) is 5.36. The van der Waals surface area contributed by atoms with Gasteiger partial charge in [0.15, 0.2) is 5.25 Å². The number of nitrogens with one attached hydrogen (secondary N) is 1. The van der Waals surface area contributed by atoms with Crippen molar-refractivity contribution in [1.82, 2.24) is 0 Å². The largest absolute Gasteiger partial charge is 0.477 e. The van der Waals surface area contributed by atoms with Crippen LogP contribution >= 0.6 is 11.3 Å². The number of aromatic carboxylic acids is 1. The van der Waals surface area contributed by atoms with E-state index < -0.39 is 27.2 Å². The van der Waals surface area contributed by atoms with Gasteiger partial charge in [0.2, 0.25) is 10.0 Å². The third-order valence-corrected chi connectivity index (χ3v) is 4.64. The maximum Gasteiger partial charge on any atom is 0.348 e. The minimum Gasteiger partial charge on any atom is -0.477 e.